The van der Waals surface area contributed by atoms with Gasteiger partial charge in [0.25, 0.3) is 5.91 Å². The molecule has 2 amide bonds. The van der Waals surface area contributed by atoms with Crippen LogP contribution in [0, 0.1) is 0 Å². The molecule has 30 heavy (non-hydrogen) atoms. The first-order chi connectivity index (χ1) is 14.6. The highest BCUT2D eigenvalue weighted by atomic mass is 16.5. The second-order valence-corrected chi connectivity index (χ2v) is 9.06. The van der Waals surface area contributed by atoms with Gasteiger partial charge < -0.3 is 24.4 Å². The second-order valence-electron chi connectivity index (χ2n) is 9.06. The minimum atomic E-state index is -0.613. The van der Waals surface area contributed by atoms with Crippen LogP contribution in [0.3, 0.4) is 0 Å². The first-order valence-corrected chi connectivity index (χ1v) is 10.9. The molecule has 4 aliphatic heterocycles. The third-order valence-corrected chi connectivity index (χ3v) is 7.11. The lowest BCUT2D eigenvalue weighted by atomic mass is 9.83. The number of carbonyl (C=O) groups is 2. The Bertz CT molecular complexity index is 825. The van der Waals surface area contributed by atoms with Gasteiger partial charge in [0, 0.05) is 17.8 Å². The van der Waals surface area contributed by atoms with E-state index in [2.05, 4.69) is 16.4 Å². The van der Waals surface area contributed by atoms with E-state index in [-0.39, 0.29) is 43.2 Å². The molecule has 1 aromatic heterocycles. The van der Waals surface area contributed by atoms with Crippen LogP contribution >= 0.6 is 0 Å². The smallest absolute Gasteiger partial charge is 0.261 e. The van der Waals surface area contributed by atoms with Crippen molar-refractivity contribution in [1.29, 1.82) is 0 Å². The van der Waals surface area contributed by atoms with Crippen molar-refractivity contribution in [2.24, 2.45) is 0 Å². The lowest BCUT2D eigenvalue weighted by Crippen LogP contribution is -2.65. The lowest BCUT2D eigenvalue weighted by molar-refractivity contribution is -0.145. The van der Waals surface area contributed by atoms with Gasteiger partial charge in [-0.05, 0) is 51.0 Å². The Morgan fingerprint density at radius 2 is 2.03 bits per heavy atom. The van der Waals surface area contributed by atoms with Gasteiger partial charge in [-0.3, -0.25) is 9.59 Å². The fraction of sp³-hybridized carbons (Fsp3) is 0.682. The number of hydrogen-bond acceptors (Lipinski definition) is 6. The van der Waals surface area contributed by atoms with Crippen molar-refractivity contribution in [3.8, 4) is 5.88 Å². The predicted octanol–water partition coefficient (Wildman–Crippen LogP) is 1.39. The molecule has 6 rings (SSSR count). The number of amides is 2. The van der Waals surface area contributed by atoms with Gasteiger partial charge in [-0.2, -0.15) is 0 Å². The summed E-state index contributed by atoms with van der Waals surface area (Å²) in [6.45, 7) is 2.77. The Balaban J connectivity index is 1.47. The van der Waals surface area contributed by atoms with Gasteiger partial charge in [0.1, 0.15) is 6.61 Å². The van der Waals surface area contributed by atoms with Gasteiger partial charge in [-0.25, -0.2) is 4.98 Å². The molecule has 1 aliphatic carbocycles. The number of pyridine rings is 1. The molecule has 8 nitrogen and oxygen atoms in total. The standard InChI is InChI=1S/C22H29N3O5/c1-14-9-22(13-28-11-19(26)24-22)18-10-29-16-6-4-15(5-7-16)17-3-2-8-23-21(17)30-12-20(27)25(14)18/h2-3,8,14-16,18H,4-7,9-13H2,1H3,(H,24,26)/t14-,15?,16?,18-,22+/m1/s1. The van der Waals surface area contributed by atoms with Crippen LogP contribution in [-0.2, 0) is 19.1 Å². The number of carbonyl (C=O) groups excluding carboxylic acids is 2. The number of aromatic nitrogens is 1. The van der Waals surface area contributed by atoms with Crippen molar-refractivity contribution in [2.45, 2.75) is 68.7 Å². The lowest BCUT2D eigenvalue weighted by Gasteiger charge is -2.41. The van der Waals surface area contributed by atoms with Crippen LogP contribution < -0.4 is 10.1 Å². The number of ether oxygens (including phenoxy) is 3. The van der Waals surface area contributed by atoms with E-state index in [0.29, 0.717) is 31.4 Å². The predicted molar refractivity (Wildman–Crippen MR) is 107 cm³/mol. The second kappa shape index (κ2) is 7.81. The fourth-order valence-corrected chi connectivity index (χ4v) is 5.77. The van der Waals surface area contributed by atoms with Crippen LogP contribution in [0.4, 0.5) is 0 Å². The highest BCUT2D eigenvalue weighted by Gasteiger charge is 2.55. The van der Waals surface area contributed by atoms with Gasteiger partial charge in [-0.1, -0.05) is 6.07 Å². The van der Waals surface area contributed by atoms with Crippen LogP contribution in [0.25, 0.3) is 0 Å². The maximum atomic E-state index is 13.3. The molecule has 2 bridgehead atoms. The van der Waals surface area contributed by atoms with Gasteiger partial charge in [0.15, 0.2) is 6.61 Å². The highest BCUT2D eigenvalue weighted by Crippen LogP contribution is 2.40. The van der Waals surface area contributed by atoms with Crippen molar-refractivity contribution in [3.63, 3.8) is 0 Å². The number of morpholine rings is 1. The van der Waals surface area contributed by atoms with Crippen LogP contribution in [-0.4, -0.2) is 71.9 Å². The SMILES string of the molecule is C[C@@H]1C[C@]2(COCC(=O)N2)[C@H]2COC3CCC(CC3)c3cccnc3OCC(=O)N12. The van der Waals surface area contributed by atoms with Gasteiger partial charge >= 0.3 is 0 Å². The topological polar surface area (TPSA) is 90.0 Å². The van der Waals surface area contributed by atoms with Gasteiger partial charge in [0.2, 0.25) is 11.8 Å². The number of rotatable bonds is 0. The van der Waals surface area contributed by atoms with Crippen molar-refractivity contribution in [2.75, 3.05) is 26.4 Å². The van der Waals surface area contributed by atoms with E-state index in [9.17, 15) is 9.59 Å². The van der Waals surface area contributed by atoms with Gasteiger partial charge in [-0.15, -0.1) is 0 Å². The summed E-state index contributed by atoms with van der Waals surface area (Å²) in [7, 11) is 0. The number of nitrogens with zero attached hydrogens (tertiary/aromatic N) is 2. The Kier molecular flexibility index (Phi) is 5.14. The molecule has 1 N–H and O–H groups in total. The van der Waals surface area contributed by atoms with Crippen LogP contribution in [0.15, 0.2) is 18.3 Å². The van der Waals surface area contributed by atoms with Crippen molar-refractivity contribution < 1.29 is 23.8 Å². The Hall–Kier alpha value is -2.19. The molecule has 3 atom stereocenters. The molecule has 2 saturated heterocycles. The molecule has 5 heterocycles. The third-order valence-electron chi connectivity index (χ3n) is 7.11. The van der Waals surface area contributed by atoms with Gasteiger partial charge in [0.05, 0.1) is 30.9 Å². The molecule has 1 saturated carbocycles. The first kappa shape index (κ1) is 19.8. The molecular formula is C22H29N3O5. The van der Waals surface area contributed by atoms with E-state index >= 15 is 0 Å². The largest absolute Gasteiger partial charge is 0.467 e. The summed E-state index contributed by atoms with van der Waals surface area (Å²) in [6.07, 6.45) is 6.46. The first-order valence-electron chi connectivity index (χ1n) is 10.9. The third kappa shape index (κ3) is 3.46. The maximum Gasteiger partial charge on any atom is 0.261 e. The fourth-order valence-electron chi connectivity index (χ4n) is 5.77. The van der Waals surface area contributed by atoms with Crippen LogP contribution in [0.1, 0.15) is 50.5 Å². The molecule has 5 aliphatic rings. The summed E-state index contributed by atoms with van der Waals surface area (Å²) in [5.41, 5.74) is 0.469. The van der Waals surface area contributed by atoms with E-state index in [4.69, 9.17) is 14.2 Å². The zero-order valence-electron chi connectivity index (χ0n) is 17.3. The molecule has 0 radical (unpaired) electrons. The molecule has 162 valence electrons. The van der Waals surface area contributed by atoms with E-state index in [1.54, 1.807) is 6.20 Å². The van der Waals surface area contributed by atoms with E-state index in [1.807, 2.05) is 17.9 Å². The number of hydrogen-bond donors (Lipinski definition) is 1. The van der Waals surface area contributed by atoms with E-state index < -0.39 is 5.54 Å². The highest BCUT2D eigenvalue weighted by molar-refractivity contribution is 5.81. The minimum Gasteiger partial charge on any atom is -0.467 e. The quantitative estimate of drug-likeness (QED) is 0.689. The number of fused-ring (bicyclic) bond motifs is 5. The summed E-state index contributed by atoms with van der Waals surface area (Å²) in [6, 6.07) is 3.65. The zero-order valence-corrected chi connectivity index (χ0v) is 17.3. The van der Waals surface area contributed by atoms with Crippen molar-refractivity contribution in [3.05, 3.63) is 23.9 Å². The molecule has 3 fully saturated rings. The Labute approximate surface area is 176 Å². The summed E-state index contributed by atoms with van der Waals surface area (Å²) in [5.74, 6) is 0.680. The van der Waals surface area contributed by atoms with Crippen molar-refractivity contribution >= 4 is 11.8 Å². The van der Waals surface area contributed by atoms with E-state index in [0.717, 1.165) is 31.2 Å². The normalized spacial score (nSPS) is 36.8. The molecule has 8 heteroatoms. The zero-order chi connectivity index (χ0) is 20.7. The summed E-state index contributed by atoms with van der Waals surface area (Å²) in [4.78, 5) is 31.7. The van der Waals surface area contributed by atoms with E-state index in [1.165, 1.54) is 0 Å². The minimum absolute atomic E-state index is 0.0543. The maximum absolute atomic E-state index is 13.3. The monoisotopic (exact) mass is 415 g/mol. The molecule has 1 spiro atoms. The van der Waals surface area contributed by atoms with Crippen molar-refractivity contribution in [1.82, 2.24) is 15.2 Å². The average Bonchev–Trinajstić information content (AvgIpc) is 3.01. The Morgan fingerprint density at radius 3 is 2.83 bits per heavy atom. The number of nitrogens with one attached hydrogen (secondary N) is 1. The average molecular weight is 415 g/mol. The molecule has 1 aromatic rings. The molecular weight excluding hydrogens is 386 g/mol. The molecule has 0 unspecified atom stereocenters. The summed E-state index contributed by atoms with van der Waals surface area (Å²) >= 11 is 0. The van der Waals surface area contributed by atoms with Crippen LogP contribution in [0.2, 0.25) is 0 Å². The van der Waals surface area contributed by atoms with Crippen LogP contribution in [0.5, 0.6) is 5.88 Å². The summed E-state index contributed by atoms with van der Waals surface area (Å²) in [5, 5.41) is 3.13. The Morgan fingerprint density at radius 1 is 1.20 bits per heavy atom. The summed E-state index contributed by atoms with van der Waals surface area (Å²) < 4.78 is 17.9. The molecule has 0 aromatic carbocycles.